The number of aromatic nitrogens is 2. The van der Waals surface area contributed by atoms with Gasteiger partial charge in [0.05, 0.1) is 17.3 Å². The van der Waals surface area contributed by atoms with Gasteiger partial charge in [-0.05, 0) is 37.8 Å². The van der Waals surface area contributed by atoms with E-state index >= 15 is 0 Å². The highest BCUT2D eigenvalue weighted by Gasteiger charge is 2.25. The molecule has 21 heavy (non-hydrogen) atoms. The van der Waals surface area contributed by atoms with Gasteiger partial charge in [-0.2, -0.15) is 0 Å². The van der Waals surface area contributed by atoms with Gasteiger partial charge < -0.3 is 4.57 Å². The number of sulfonamides is 1. The molecule has 0 aliphatic carbocycles. The summed E-state index contributed by atoms with van der Waals surface area (Å²) in [5.41, 5.74) is 2.20. The molecule has 2 aromatic rings. The van der Waals surface area contributed by atoms with Crippen molar-refractivity contribution in [3.63, 3.8) is 0 Å². The van der Waals surface area contributed by atoms with Crippen molar-refractivity contribution in [3.05, 3.63) is 30.1 Å². The summed E-state index contributed by atoms with van der Waals surface area (Å²) in [5, 5.41) is 0. The zero-order valence-corrected chi connectivity index (χ0v) is 13.3. The normalized spacial score (nSPS) is 18.4. The van der Waals surface area contributed by atoms with E-state index in [9.17, 15) is 8.42 Å². The number of para-hydroxylation sites is 2. The molecule has 2 heterocycles. The van der Waals surface area contributed by atoms with Crippen LogP contribution in [0.4, 0.5) is 0 Å². The first-order chi connectivity index (χ1) is 9.95. The van der Waals surface area contributed by atoms with Crippen LogP contribution in [0.5, 0.6) is 0 Å². The molecule has 1 fully saturated rings. The molecular formula is C15H21N3O2S. The summed E-state index contributed by atoms with van der Waals surface area (Å²) in [7, 11) is -3.04. The maximum Gasteiger partial charge on any atom is 0.211 e. The smallest absolute Gasteiger partial charge is 0.211 e. The van der Waals surface area contributed by atoms with Gasteiger partial charge in [-0.1, -0.05) is 12.1 Å². The van der Waals surface area contributed by atoms with Gasteiger partial charge in [0.15, 0.2) is 0 Å². The Balaban J connectivity index is 1.74. The number of fused-ring (bicyclic) bond motifs is 1. The van der Waals surface area contributed by atoms with Crippen LogP contribution in [0.2, 0.25) is 0 Å². The fourth-order valence-corrected chi connectivity index (χ4v) is 3.98. The first kappa shape index (κ1) is 14.5. The van der Waals surface area contributed by atoms with Gasteiger partial charge in [0.1, 0.15) is 5.82 Å². The van der Waals surface area contributed by atoms with Crippen molar-refractivity contribution in [2.45, 2.75) is 26.3 Å². The van der Waals surface area contributed by atoms with Crippen molar-refractivity contribution >= 4 is 21.1 Å². The molecule has 1 aliphatic heterocycles. The Kier molecular flexibility index (Phi) is 3.75. The Bertz CT molecular complexity index is 743. The molecule has 6 heteroatoms. The molecule has 1 aromatic carbocycles. The maximum absolute atomic E-state index is 11.5. The highest BCUT2D eigenvalue weighted by molar-refractivity contribution is 7.88. The predicted molar refractivity (Wildman–Crippen MR) is 83.6 cm³/mol. The Morgan fingerprint density at radius 2 is 1.90 bits per heavy atom. The van der Waals surface area contributed by atoms with Gasteiger partial charge in [-0.25, -0.2) is 17.7 Å². The molecule has 0 N–H and O–H groups in total. The molecule has 0 unspecified atom stereocenters. The lowest BCUT2D eigenvalue weighted by Gasteiger charge is -2.30. The second kappa shape index (κ2) is 5.42. The van der Waals surface area contributed by atoms with Crippen LogP contribution in [0, 0.1) is 12.8 Å². The van der Waals surface area contributed by atoms with Crippen molar-refractivity contribution in [2.24, 2.45) is 5.92 Å². The van der Waals surface area contributed by atoms with Crippen LogP contribution < -0.4 is 0 Å². The summed E-state index contributed by atoms with van der Waals surface area (Å²) in [6, 6.07) is 8.17. The van der Waals surface area contributed by atoms with Gasteiger partial charge in [0.25, 0.3) is 0 Å². The standard InChI is InChI=1S/C15H21N3O2S/c1-12-16-14-5-3-4-6-15(14)18(12)11-13-7-9-17(10-8-13)21(2,19)20/h3-6,13H,7-11H2,1-2H3. The Hall–Kier alpha value is -1.40. The minimum Gasteiger partial charge on any atom is -0.328 e. The zero-order chi connectivity index (χ0) is 15.0. The van der Waals surface area contributed by atoms with Crippen LogP contribution >= 0.6 is 0 Å². The number of piperidine rings is 1. The van der Waals surface area contributed by atoms with Crippen LogP contribution in [0.3, 0.4) is 0 Å². The number of hydrogen-bond donors (Lipinski definition) is 0. The van der Waals surface area contributed by atoms with Crippen LogP contribution in [0.1, 0.15) is 18.7 Å². The summed E-state index contributed by atoms with van der Waals surface area (Å²) in [5.74, 6) is 1.54. The van der Waals surface area contributed by atoms with E-state index in [1.807, 2.05) is 25.1 Å². The van der Waals surface area contributed by atoms with E-state index in [1.165, 1.54) is 11.8 Å². The average molecular weight is 307 g/mol. The number of benzene rings is 1. The highest BCUT2D eigenvalue weighted by Crippen LogP contribution is 2.24. The summed E-state index contributed by atoms with van der Waals surface area (Å²) >= 11 is 0. The summed E-state index contributed by atoms with van der Waals surface area (Å²) in [6.07, 6.45) is 3.12. The molecule has 0 atom stereocenters. The molecular weight excluding hydrogens is 286 g/mol. The van der Waals surface area contributed by atoms with E-state index in [4.69, 9.17) is 0 Å². The summed E-state index contributed by atoms with van der Waals surface area (Å²) < 4.78 is 26.9. The van der Waals surface area contributed by atoms with Crippen molar-refractivity contribution in [2.75, 3.05) is 19.3 Å². The van der Waals surface area contributed by atoms with Crippen molar-refractivity contribution in [1.82, 2.24) is 13.9 Å². The van der Waals surface area contributed by atoms with Crippen molar-refractivity contribution in [1.29, 1.82) is 0 Å². The maximum atomic E-state index is 11.5. The second-order valence-corrected chi connectivity index (χ2v) is 7.85. The monoisotopic (exact) mass is 307 g/mol. The van der Waals surface area contributed by atoms with Crippen LogP contribution in [-0.4, -0.2) is 41.6 Å². The molecule has 1 aromatic heterocycles. The number of rotatable bonds is 3. The fourth-order valence-electron chi connectivity index (χ4n) is 3.11. The molecule has 0 radical (unpaired) electrons. The fraction of sp³-hybridized carbons (Fsp3) is 0.533. The second-order valence-electron chi connectivity index (χ2n) is 5.86. The lowest BCUT2D eigenvalue weighted by molar-refractivity contribution is 0.254. The molecule has 1 saturated heterocycles. The molecule has 0 spiro atoms. The molecule has 0 saturated carbocycles. The summed E-state index contributed by atoms with van der Waals surface area (Å²) in [6.45, 7) is 4.22. The van der Waals surface area contributed by atoms with E-state index in [1.54, 1.807) is 4.31 Å². The van der Waals surface area contributed by atoms with Crippen LogP contribution in [0.25, 0.3) is 11.0 Å². The van der Waals surface area contributed by atoms with E-state index < -0.39 is 10.0 Å². The number of hydrogen-bond acceptors (Lipinski definition) is 3. The topological polar surface area (TPSA) is 55.2 Å². The van der Waals surface area contributed by atoms with Gasteiger partial charge in [0.2, 0.25) is 10.0 Å². The SMILES string of the molecule is Cc1nc2ccccc2n1CC1CCN(S(C)(=O)=O)CC1. The molecule has 5 nitrogen and oxygen atoms in total. The average Bonchev–Trinajstić information content (AvgIpc) is 2.75. The van der Waals surface area contributed by atoms with E-state index in [0.717, 1.165) is 30.7 Å². The lowest BCUT2D eigenvalue weighted by atomic mass is 9.98. The Labute approximate surface area is 125 Å². The third-order valence-electron chi connectivity index (χ3n) is 4.33. The largest absolute Gasteiger partial charge is 0.328 e. The van der Waals surface area contributed by atoms with Gasteiger partial charge in [-0.3, -0.25) is 0 Å². The number of imidazole rings is 1. The number of nitrogens with zero attached hydrogens (tertiary/aromatic N) is 3. The Morgan fingerprint density at radius 3 is 2.57 bits per heavy atom. The Morgan fingerprint density at radius 1 is 1.24 bits per heavy atom. The van der Waals surface area contributed by atoms with E-state index in [0.29, 0.717) is 19.0 Å². The van der Waals surface area contributed by atoms with Crippen molar-refractivity contribution in [3.8, 4) is 0 Å². The molecule has 3 rings (SSSR count). The minimum absolute atomic E-state index is 0.513. The summed E-state index contributed by atoms with van der Waals surface area (Å²) in [4.78, 5) is 4.59. The predicted octanol–water partition coefficient (Wildman–Crippen LogP) is 2.02. The van der Waals surface area contributed by atoms with Crippen LogP contribution in [-0.2, 0) is 16.6 Å². The third kappa shape index (κ3) is 2.96. The molecule has 114 valence electrons. The van der Waals surface area contributed by atoms with Gasteiger partial charge in [-0.15, -0.1) is 0 Å². The highest BCUT2D eigenvalue weighted by atomic mass is 32.2. The number of aryl methyl sites for hydroxylation is 1. The van der Waals surface area contributed by atoms with Gasteiger partial charge in [0, 0.05) is 19.6 Å². The minimum atomic E-state index is -3.04. The van der Waals surface area contributed by atoms with Gasteiger partial charge >= 0.3 is 0 Å². The first-order valence-corrected chi connectivity index (χ1v) is 9.17. The molecule has 0 bridgehead atoms. The lowest BCUT2D eigenvalue weighted by Crippen LogP contribution is -2.38. The van der Waals surface area contributed by atoms with Crippen LogP contribution in [0.15, 0.2) is 24.3 Å². The van der Waals surface area contributed by atoms with Crippen molar-refractivity contribution < 1.29 is 8.42 Å². The molecule has 0 amide bonds. The third-order valence-corrected chi connectivity index (χ3v) is 5.63. The zero-order valence-electron chi connectivity index (χ0n) is 12.5. The van der Waals surface area contributed by atoms with E-state index in [2.05, 4.69) is 15.6 Å². The van der Waals surface area contributed by atoms with E-state index in [-0.39, 0.29) is 0 Å². The first-order valence-electron chi connectivity index (χ1n) is 7.32. The quantitative estimate of drug-likeness (QED) is 0.871. The molecule has 1 aliphatic rings.